The monoisotopic (exact) mass is 230 g/mol. The Kier molecular flexibility index (Phi) is 2.57. The third kappa shape index (κ3) is 1.91. The lowest BCUT2D eigenvalue weighted by Crippen LogP contribution is -2.24. The minimum atomic E-state index is 0.0427. The van der Waals surface area contributed by atoms with Crippen LogP contribution < -0.4 is 10.6 Å². The molecule has 0 bridgehead atoms. The summed E-state index contributed by atoms with van der Waals surface area (Å²) in [6.45, 7) is 1.47. The molecule has 4 nitrogen and oxygen atoms in total. The van der Waals surface area contributed by atoms with E-state index in [1.54, 1.807) is 6.26 Å². The van der Waals surface area contributed by atoms with Gasteiger partial charge in [0.15, 0.2) is 0 Å². The summed E-state index contributed by atoms with van der Waals surface area (Å²) in [5, 5.41) is 7.30. The topological polar surface area (TPSA) is 54.3 Å². The second kappa shape index (κ2) is 4.22. The molecule has 1 aromatic carbocycles. The minimum absolute atomic E-state index is 0.0427. The maximum atomic E-state index is 11.5. The molecule has 0 spiro atoms. The van der Waals surface area contributed by atoms with Crippen LogP contribution in [0.1, 0.15) is 18.0 Å². The summed E-state index contributed by atoms with van der Waals surface area (Å²) >= 11 is 0. The highest BCUT2D eigenvalue weighted by Gasteiger charge is 2.21. The van der Waals surface area contributed by atoms with Crippen molar-refractivity contribution < 1.29 is 9.21 Å². The number of para-hydroxylation sites is 1. The van der Waals surface area contributed by atoms with Crippen molar-refractivity contribution in [3.05, 3.63) is 36.1 Å². The summed E-state index contributed by atoms with van der Waals surface area (Å²) in [5.74, 6) is 0.0882. The van der Waals surface area contributed by atoms with E-state index < -0.39 is 0 Å². The highest BCUT2D eigenvalue weighted by atomic mass is 16.3. The first-order valence-electron chi connectivity index (χ1n) is 5.81. The smallest absolute Gasteiger partial charge is 0.221 e. The summed E-state index contributed by atoms with van der Waals surface area (Å²) in [7, 11) is 0. The van der Waals surface area contributed by atoms with E-state index in [1.165, 1.54) is 0 Å². The summed E-state index contributed by atoms with van der Waals surface area (Å²) < 4.78 is 5.51. The van der Waals surface area contributed by atoms with Crippen molar-refractivity contribution in [1.82, 2.24) is 10.6 Å². The van der Waals surface area contributed by atoms with E-state index in [2.05, 4.69) is 10.6 Å². The van der Waals surface area contributed by atoms with Crippen molar-refractivity contribution in [1.29, 1.82) is 0 Å². The van der Waals surface area contributed by atoms with Crippen molar-refractivity contribution in [2.45, 2.75) is 12.5 Å². The third-order valence-electron chi connectivity index (χ3n) is 3.11. The lowest BCUT2D eigenvalue weighted by Gasteiger charge is -2.12. The number of nitrogens with one attached hydrogen (secondary N) is 2. The van der Waals surface area contributed by atoms with Crippen LogP contribution in [-0.2, 0) is 4.79 Å². The number of hydrogen-bond acceptors (Lipinski definition) is 3. The molecular formula is C13H14N2O2. The molecule has 88 valence electrons. The number of rotatable bonds is 1. The Labute approximate surface area is 99.0 Å². The lowest BCUT2D eigenvalue weighted by atomic mass is 10.0. The molecule has 2 heterocycles. The van der Waals surface area contributed by atoms with E-state index in [1.807, 2.05) is 24.3 Å². The molecule has 17 heavy (non-hydrogen) atoms. The van der Waals surface area contributed by atoms with E-state index in [4.69, 9.17) is 4.42 Å². The van der Waals surface area contributed by atoms with Gasteiger partial charge in [0, 0.05) is 36.5 Å². The predicted octanol–water partition coefficient (Wildman–Crippen LogP) is 1.58. The summed E-state index contributed by atoms with van der Waals surface area (Å²) in [4.78, 5) is 11.5. The maximum Gasteiger partial charge on any atom is 0.221 e. The number of benzene rings is 1. The van der Waals surface area contributed by atoms with Crippen LogP contribution >= 0.6 is 0 Å². The van der Waals surface area contributed by atoms with E-state index in [0.29, 0.717) is 13.0 Å². The fourth-order valence-electron chi connectivity index (χ4n) is 2.27. The lowest BCUT2D eigenvalue weighted by molar-refractivity contribution is -0.121. The third-order valence-corrected chi connectivity index (χ3v) is 3.11. The Bertz CT molecular complexity index is 547. The van der Waals surface area contributed by atoms with Crippen LogP contribution in [0.4, 0.5) is 0 Å². The molecule has 0 aliphatic carbocycles. The normalized spacial score (nSPS) is 21.2. The van der Waals surface area contributed by atoms with Crippen LogP contribution in [0.15, 0.2) is 34.9 Å². The SMILES string of the molecule is O=C1CC(c2coc3ccccc23)NCCN1. The molecule has 1 unspecified atom stereocenters. The molecule has 1 aliphatic heterocycles. The Hall–Kier alpha value is -1.81. The number of amides is 1. The largest absolute Gasteiger partial charge is 0.464 e. The predicted molar refractivity (Wildman–Crippen MR) is 64.6 cm³/mol. The molecule has 1 aromatic heterocycles. The number of hydrogen-bond donors (Lipinski definition) is 2. The van der Waals surface area contributed by atoms with Crippen LogP contribution in [0.2, 0.25) is 0 Å². The zero-order valence-corrected chi connectivity index (χ0v) is 9.40. The Morgan fingerprint density at radius 2 is 2.12 bits per heavy atom. The molecule has 0 saturated carbocycles. The Morgan fingerprint density at radius 3 is 3.06 bits per heavy atom. The van der Waals surface area contributed by atoms with Crippen molar-refractivity contribution in [3.63, 3.8) is 0 Å². The molecule has 1 aliphatic rings. The fraction of sp³-hybridized carbons (Fsp3) is 0.308. The van der Waals surface area contributed by atoms with Gasteiger partial charge in [0.05, 0.1) is 6.26 Å². The summed E-state index contributed by atoms with van der Waals surface area (Å²) in [6.07, 6.45) is 2.21. The Morgan fingerprint density at radius 1 is 1.24 bits per heavy atom. The fourth-order valence-corrected chi connectivity index (χ4v) is 2.27. The van der Waals surface area contributed by atoms with Gasteiger partial charge in [0.25, 0.3) is 0 Å². The van der Waals surface area contributed by atoms with Crippen LogP contribution in [0.3, 0.4) is 0 Å². The molecule has 0 radical (unpaired) electrons. The van der Waals surface area contributed by atoms with Gasteiger partial charge in [-0.25, -0.2) is 0 Å². The van der Waals surface area contributed by atoms with Gasteiger partial charge in [-0.3, -0.25) is 4.79 Å². The molecule has 1 amide bonds. The Balaban J connectivity index is 1.99. The first kappa shape index (κ1) is 10.4. The van der Waals surface area contributed by atoms with Crippen LogP contribution in [0.5, 0.6) is 0 Å². The molecule has 4 heteroatoms. The van der Waals surface area contributed by atoms with E-state index >= 15 is 0 Å². The van der Waals surface area contributed by atoms with Crippen molar-refractivity contribution >= 4 is 16.9 Å². The van der Waals surface area contributed by atoms with Gasteiger partial charge >= 0.3 is 0 Å². The molecular weight excluding hydrogens is 216 g/mol. The average molecular weight is 230 g/mol. The van der Waals surface area contributed by atoms with Crippen LogP contribution in [-0.4, -0.2) is 19.0 Å². The van der Waals surface area contributed by atoms with Gasteiger partial charge in [-0.15, -0.1) is 0 Å². The molecule has 1 atom stereocenters. The maximum absolute atomic E-state index is 11.5. The minimum Gasteiger partial charge on any atom is -0.464 e. The summed E-state index contributed by atoms with van der Waals surface area (Å²) in [5.41, 5.74) is 1.94. The van der Waals surface area contributed by atoms with Crippen molar-refractivity contribution in [2.24, 2.45) is 0 Å². The second-order valence-electron chi connectivity index (χ2n) is 4.25. The van der Waals surface area contributed by atoms with Crippen molar-refractivity contribution in [3.8, 4) is 0 Å². The quantitative estimate of drug-likeness (QED) is 0.782. The first-order valence-corrected chi connectivity index (χ1v) is 5.81. The van der Waals surface area contributed by atoms with Gasteiger partial charge < -0.3 is 15.1 Å². The molecule has 1 fully saturated rings. The molecule has 2 aromatic rings. The molecule has 3 rings (SSSR count). The zero-order valence-electron chi connectivity index (χ0n) is 9.40. The van der Waals surface area contributed by atoms with E-state index in [-0.39, 0.29) is 11.9 Å². The van der Waals surface area contributed by atoms with Gasteiger partial charge in [-0.05, 0) is 6.07 Å². The molecule has 2 N–H and O–H groups in total. The number of carbonyl (C=O) groups is 1. The van der Waals surface area contributed by atoms with Gasteiger partial charge in [-0.2, -0.15) is 0 Å². The second-order valence-corrected chi connectivity index (χ2v) is 4.25. The highest BCUT2D eigenvalue weighted by molar-refractivity contribution is 5.83. The van der Waals surface area contributed by atoms with Crippen LogP contribution in [0, 0.1) is 0 Å². The molecule has 1 saturated heterocycles. The summed E-state index contributed by atoms with van der Waals surface area (Å²) in [6, 6.07) is 7.94. The first-order chi connectivity index (χ1) is 8.34. The number of carbonyl (C=O) groups excluding carboxylic acids is 1. The van der Waals surface area contributed by atoms with Crippen LogP contribution in [0.25, 0.3) is 11.0 Å². The van der Waals surface area contributed by atoms with Crippen molar-refractivity contribution in [2.75, 3.05) is 13.1 Å². The average Bonchev–Trinajstić information content (AvgIpc) is 2.66. The zero-order chi connectivity index (χ0) is 11.7. The highest BCUT2D eigenvalue weighted by Crippen LogP contribution is 2.28. The van der Waals surface area contributed by atoms with E-state index in [0.717, 1.165) is 23.1 Å². The van der Waals surface area contributed by atoms with Gasteiger partial charge in [-0.1, -0.05) is 18.2 Å². The standard InChI is InChI=1S/C13H14N2O2/c16-13-7-11(14-5-6-15-13)10-8-17-12-4-2-1-3-9(10)12/h1-4,8,11,14H,5-7H2,(H,15,16). The number of fused-ring (bicyclic) bond motifs is 1. The number of furan rings is 1. The van der Waals surface area contributed by atoms with Gasteiger partial charge in [0.2, 0.25) is 5.91 Å². The van der Waals surface area contributed by atoms with Gasteiger partial charge in [0.1, 0.15) is 5.58 Å². The van der Waals surface area contributed by atoms with E-state index in [9.17, 15) is 4.79 Å².